The summed E-state index contributed by atoms with van der Waals surface area (Å²) in [5.74, 6) is -2.59. The van der Waals surface area contributed by atoms with E-state index in [-0.39, 0.29) is 6.07 Å². The SMILES string of the molecule is NC(=O)C1=Nc2cc(C(F)(F)F)cc(C(F)(F)F)c2NC1C(N)=O. The van der Waals surface area contributed by atoms with E-state index in [1.807, 2.05) is 5.32 Å². The fourth-order valence-corrected chi connectivity index (χ4v) is 2.06. The second-order valence-electron chi connectivity index (χ2n) is 4.75. The van der Waals surface area contributed by atoms with Gasteiger partial charge in [0.1, 0.15) is 5.71 Å². The molecule has 24 heavy (non-hydrogen) atoms. The van der Waals surface area contributed by atoms with Crippen LogP contribution < -0.4 is 16.8 Å². The van der Waals surface area contributed by atoms with Gasteiger partial charge in [0.15, 0.2) is 6.04 Å². The number of carbonyl (C=O) groups excluding carboxylic acids is 2. The molecule has 1 unspecified atom stereocenters. The van der Waals surface area contributed by atoms with E-state index >= 15 is 0 Å². The van der Waals surface area contributed by atoms with E-state index in [4.69, 9.17) is 11.5 Å². The molecule has 0 aliphatic carbocycles. The smallest absolute Gasteiger partial charge is 0.368 e. The maximum Gasteiger partial charge on any atom is 0.418 e. The number of primary amides is 2. The summed E-state index contributed by atoms with van der Waals surface area (Å²) < 4.78 is 77.5. The van der Waals surface area contributed by atoms with E-state index in [1.54, 1.807) is 0 Å². The minimum atomic E-state index is -5.18. The summed E-state index contributed by atoms with van der Waals surface area (Å²) in [6.07, 6.45) is -10.3. The summed E-state index contributed by atoms with van der Waals surface area (Å²) in [6, 6.07) is -1.63. The largest absolute Gasteiger partial charge is 0.418 e. The van der Waals surface area contributed by atoms with Gasteiger partial charge in [-0.05, 0) is 12.1 Å². The van der Waals surface area contributed by atoms with Gasteiger partial charge in [0, 0.05) is 0 Å². The van der Waals surface area contributed by atoms with Crippen molar-refractivity contribution in [2.24, 2.45) is 16.5 Å². The minimum absolute atomic E-state index is 0.130. The molecule has 1 aliphatic rings. The summed E-state index contributed by atoms with van der Waals surface area (Å²) in [6.45, 7) is 0. The number of rotatable bonds is 2. The number of nitrogens with zero attached hydrogens (tertiary/aromatic N) is 1. The maximum atomic E-state index is 13.1. The van der Waals surface area contributed by atoms with Crippen molar-refractivity contribution in [1.82, 2.24) is 0 Å². The molecule has 1 heterocycles. The number of anilines is 1. The van der Waals surface area contributed by atoms with Crippen LogP contribution in [-0.2, 0) is 21.9 Å². The van der Waals surface area contributed by atoms with Crippen LogP contribution in [-0.4, -0.2) is 23.6 Å². The third-order valence-electron chi connectivity index (χ3n) is 3.09. The molecular weight excluding hydrogens is 346 g/mol. The fraction of sp³-hybridized carbons (Fsp3) is 0.250. The standard InChI is InChI=1S/C12H8F6N4O2/c13-11(14,15)3-1-4(12(16,17)18)6-5(2-3)21-7(9(19)23)8(22-6)10(20)24/h1-2,8,22H,(H2,19,23)(H2,20,24). The molecule has 6 nitrogen and oxygen atoms in total. The fourth-order valence-electron chi connectivity index (χ4n) is 2.06. The Morgan fingerprint density at radius 2 is 1.62 bits per heavy atom. The van der Waals surface area contributed by atoms with Crippen molar-refractivity contribution in [3.05, 3.63) is 23.3 Å². The van der Waals surface area contributed by atoms with Crippen LogP contribution in [0.4, 0.5) is 37.7 Å². The second-order valence-corrected chi connectivity index (χ2v) is 4.75. The lowest BCUT2D eigenvalue weighted by molar-refractivity contribution is -0.142. The highest BCUT2D eigenvalue weighted by atomic mass is 19.4. The summed E-state index contributed by atoms with van der Waals surface area (Å²) in [4.78, 5) is 25.9. The number of alkyl halides is 6. The molecule has 1 aromatic rings. The van der Waals surface area contributed by atoms with Gasteiger partial charge in [0.05, 0.1) is 22.5 Å². The van der Waals surface area contributed by atoms with Crippen LogP contribution in [0.5, 0.6) is 0 Å². The predicted molar refractivity (Wildman–Crippen MR) is 69.3 cm³/mol. The first-order chi connectivity index (χ1) is 10.8. The zero-order valence-electron chi connectivity index (χ0n) is 11.4. The molecule has 5 N–H and O–H groups in total. The van der Waals surface area contributed by atoms with Gasteiger partial charge in [-0.3, -0.25) is 9.59 Å². The van der Waals surface area contributed by atoms with E-state index < -0.39 is 58.4 Å². The van der Waals surface area contributed by atoms with Gasteiger partial charge in [0.2, 0.25) is 5.91 Å². The monoisotopic (exact) mass is 354 g/mol. The van der Waals surface area contributed by atoms with Crippen LogP contribution in [0.15, 0.2) is 17.1 Å². The van der Waals surface area contributed by atoms with Crippen LogP contribution in [0, 0.1) is 0 Å². The van der Waals surface area contributed by atoms with E-state index in [0.29, 0.717) is 6.07 Å². The van der Waals surface area contributed by atoms with Crippen molar-refractivity contribution in [2.75, 3.05) is 5.32 Å². The lowest BCUT2D eigenvalue weighted by Gasteiger charge is -2.27. The molecule has 0 saturated carbocycles. The van der Waals surface area contributed by atoms with E-state index in [2.05, 4.69) is 4.99 Å². The quantitative estimate of drug-likeness (QED) is 0.701. The average Bonchev–Trinajstić information content (AvgIpc) is 2.42. The number of nitrogens with two attached hydrogens (primary N) is 2. The molecule has 0 fully saturated rings. The summed E-state index contributed by atoms with van der Waals surface area (Å²) in [5, 5.41) is 1.99. The number of hydrogen-bond acceptors (Lipinski definition) is 4. The Balaban J connectivity index is 2.79. The topological polar surface area (TPSA) is 111 Å². The van der Waals surface area contributed by atoms with Crippen LogP contribution in [0.1, 0.15) is 11.1 Å². The van der Waals surface area contributed by atoms with Crippen molar-refractivity contribution in [1.29, 1.82) is 0 Å². The molecule has 12 heteroatoms. The third kappa shape index (κ3) is 3.12. The Hall–Kier alpha value is -2.79. The molecule has 1 atom stereocenters. The van der Waals surface area contributed by atoms with Crippen molar-refractivity contribution in [3.8, 4) is 0 Å². The highest BCUT2D eigenvalue weighted by Crippen LogP contribution is 2.45. The number of fused-ring (bicyclic) bond motifs is 1. The lowest BCUT2D eigenvalue weighted by Crippen LogP contribution is -2.49. The van der Waals surface area contributed by atoms with Gasteiger partial charge in [0.25, 0.3) is 5.91 Å². The van der Waals surface area contributed by atoms with Crippen molar-refractivity contribution < 1.29 is 35.9 Å². The molecule has 0 spiro atoms. The Labute approximate surface area is 129 Å². The Kier molecular flexibility index (Phi) is 3.94. The number of benzene rings is 1. The number of halogens is 6. The van der Waals surface area contributed by atoms with Crippen molar-refractivity contribution in [2.45, 2.75) is 18.4 Å². The number of hydrogen-bond donors (Lipinski definition) is 3. The summed E-state index contributed by atoms with van der Waals surface area (Å²) in [7, 11) is 0. The highest BCUT2D eigenvalue weighted by molar-refractivity contribution is 6.46. The number of carbonyl (C=O) groups is 2. The van der Waals surface area contributed by atoms with E-state index in [1.165, 1.54) is 0 Å². The molecule has 0 saturated heterocycles. The molecule has 1 aromatic carbocycles. The zero-order valence-corrected chi connectivity index (χ0v) is 11.4. The molecule has 0 aromatic heterocycles. The van der Waals surface area contributed by atoms with Gasteiger partial charge in [-0.2, -0.15) is 26.3 Å². The normalized spacial score (nSPS) is 17.6. The molecule has 1 aliphatic heterocycles. The Bertz CT molecular complexity index is 753. The number of amides is 2. The number of aliphatic imine (C=N–C) groups is 1. The molecular formula is C12H8F6N4O2. The summed E-state index contributed by atoms with van der Waals surface area (Å²) in [5.41, 5.74) is 4.05. The molecule has 0 bridgehead atoms. The highest BCUT2D eigenvalue weighted by Gasteiger charge is 2.42. The van der Waals surface area contributed by atoms with Crippen LogP contribution in [0.2, 0.25) is 0 Å². The van der Waals surface area contributed by atoms with Gasteiger partial charge in [-0.1, -0.05) is 0 Å². The van der Waals surface area contributed by atoms with Gasteiger partial charge >= 0.3 is 12.4 Å². The Morgan fingerprint density at radius 1 is 1.04 bits per heavy atom. The predicted octanol–water partition coefficient (Wildman–Crippen LogP) is 1.56. The first-order valence-electron chi connectivity index (χ1n) is 6.09. The molecule has 0 radical (unpaired) electrons. The maximum absolute atomic E-state index is 13.1. The van der Waals surface area contributed by atoms with E-state index in [9.17, 15) is 35.9 Å². The van der Waals surface area contributed by atoms with Crippen LogP contribution in [0.3, 0.4) is 0 Å². The average molecular weight is 354 g/mol. The first-order valence-corrected chi connectivity index (χ1v) is 6.09. The van der Waals surface area contributed by atoms with Gasteiger partial charge < -0.3 is 16.8 Å². The zero-order chi connectivity index (χ0) is 18.4. The Morgan fingerprint density at radius 3 is 2.04 bits per heavy atom. The molecule has 2 amide bonds. The minimum Gasteiger partial charge on any atom is -0.368 e. The number of nitrogens with one attached hydrogen (secondary N) is 1. The van der Waals surface area contributed by atoms with E-state index in [0.717, 1.165) is 0 Å². The summed E-state index contributed by atoms with van der Waals surface area (Å²) >= 11 is 0. The van der Waals surface area contributed by atoms with Crippen LogP contribution in [0.25, 0.3) is 0 Å². The second kappa shape index (κ2) is 5.39. The van der Waals surface area contributed by atoms with Crippen molar-refractivity contribution >= 4 is 28.9 Å². The van der Waals surface area contributed by atoms with Crippen molar-refractivity contribution in [3.63, 3.8) is 0 Å². The molecule has 2 rings (SSSR count). The third-order valence-corrected chi connectivity index (χ3v) is 3.09. The van der Waals surface area contributed by atoms with Gasteiger partial charge in [-0.25, -0.2) is 4.99 Å². The van der Waals surface area contributed by atoms with Crippen LogP contribution >= 0.6 is 0 Å². The first kappa shape index (κ1) is 17.6. The van der Waals surface area contributed by atoms with Gasteiger partial charge in [-0.15, -0.1) is 0 Å². The lowest BCUT2D eigenvalue weighted by atomic mass is 10.0. The molecule has 130 valence electrons.